The molecule has 2 atom stereocenters. The Bertz CT molecular complexity index is 1200. The van der Waals surface area contributed by atoms with Crippen molar-refractivity contribution in [1.29, 1.82) is 0 Å². The van der Waals surface area contributed by atoms with Crippen LogP contribution >= 0.6 is 11.6 Å². The third kappa shape index (κ3) is 8.25. The number of nitrogens with zero attached hydrogens (tertiary/aromatic N) is 1. The SMILES string of the molecule is CC[C@@H](C)NC(=O)[C@@H](Cc1ccccc1)N(Cc1cccc(Cl)c1)C(=O)CCc1ccc(OC)c(OC)c1. The molecule has 0 bridgehead atoms. The molecule has 0 heterocycles. The van der Waals surface area contributed by atoms with Crippen molar-refractivity contribution in [2.24, 2.45) is 0 Å². The summed E-state index contributed by atoms with van der Waals surface area (Å²) in [4.78, 5) is 29.1. The first-order valence-corrected chi connectivity index (χ1v) is 13.3. The van der Waals surface area contributed by atoms with Gasteiger partial charge in [-0.05, 0) is 60.7 Å². The van der Waals surface area contributed by atoms with Gasteiger partial charge in [-0.3, -0.25) is 9.59 Å². The Kier molecular flexibility index (Phi) is 11.0. The number of benzene rings is 3. The monoisotopic (exact) mass is 536 g/mol. The van der Waals surface area contributed by atoms with E-state index in [1.54, 1.807) is 25.2 Å². The smallest absolute Gasteiger partial charge is 0.243 e. The third-order valence-corrected chi connectivity index (χ3v) is 6.82. The quantitative estimate of drug-likeness (QED) is 0.298. The summed E-state index contributed by atoms with van der Waals surface area (Å²) in [5.41, 5.74) is 2.80. The zero-order valence-corrected chi connectivity index (χ0v) is 23.3. The molecular formula is C31H37ClN2O4. The number of ether oxygens (including phenoxy) is 2. The minimum absolute atomic E-state index is 0.00402. The van der Waals surface area contributed by atoms with Crippen molar-refractivity contribution < 1.29 is 19.1 Å². The lowest BCUT2D eigenvalue weighted by Gasteiger charge is -2.32. The number of hydrogen-bond acceptors (Lipinski definition) is 4. The average molecular weight is 537 g/mol. The highest BCUT2D eigenvalue weighted by atomic mass is 35.5. The minimum atomic E-state index is -0.678. The molecule has 6 nitrogen and oxygen atoms in total. The maximum Gasteiger partial charge on any atom is 0.243 e. The van der Waals surface area contributed by atoms with Gasteiger partial charge in [-0.15, -0.1) is 0 Å². The molecule has 0 fully saturated rings. The fourth-order valence-corrected chi connectivity index (χ4v) is 4.47. The molecule has 2 amide bonds. The standard InChI is InChI=1S/C31H37ClN2O4/c1-5-22(2)33-31(36)27(19-23-10-7-6-8-11-23)34(21-25-12-9-13-26(32)18-25)30(35)17-15-24-14-16-28(37-3)29(20-24)38-4/h6-14,16,18,20,22,27H,5,15,17,19,21H2,1-4H3,(H,33,36)/t22-,27-/m1/s1. The first kappa shape index (κ1) is 29.1. The first-order valence-electron chi connectivity index (χ1n) is 12.9. The fraction of sp³-hybridized carbons (Fsp3) is 0.355. The summed E-state index contributed by atoms with van der Waals surface area (Å²) in [5.74, 6) is 0.975. The van der Waals surface area contributed by atoms with Crippen molar-refractivity contribution in [2.75, 3.05) is 14.2 Å². The zero-order chi connectivity index (χ0) is 27.5. The molecule has 0 aromatic heterocycles. The van der Waals surface area contributed by atoms with Gasteiger partial charge in [0.25, 0.3) is 0 Å². The summed E-state index contributed by atoms with van der Waals surface area (Å²) >= 11 is 6.26. The van der Waals surface area contributed by atoms with E-state index < -0.39 is 6.04 Å². The number of carbonyl (C=O) groups excluding carboxylic acids is 2. The maximum absolute atomic E-state index is 13.8. The second-order valence-corrected chi connectivity index (χ2v) is 9.80. The lowest BCUT2D eigenvalue weighted by molar-refractivity contribution is -0.141. The molecule has 0 saturated heterocycles. The summed E-state index contributed by atoms with van der Waals surface area (Å²) < 4.78 is 10.8. The molecule has 0 saturated carbocycles. The van der Waals surface area contributed by atoms with Crippen LogP contribution in [0.2, 0.25) is 5.02 Å². The summed E-state index contributed by atoms with van der Waals surface area (Å²) in [6, 6.07) is 22.2. The normalized spacial score (nSPS) is 12.3. The zero-order valence-electron chi connectivity index (χ0n) is 22.6. The van der Waals surface area contributed by atoms with Gasteiger partial charge in [0.05, 0.1) is 14.2 Å². The second kappa shape index (κ2) is 14.4. The highest BCUT2D eigenvalue weighted by Crippen LogP contribution is 2.28. The number of methoxy groups -OCH3 is 2. The van der Waals surface area contributed by atoms with Gasteiger partial charge in [0, 0.05) is 30.5 Å². The Balaban J connectivity index is 1.91. The number of aryl methyl sites for hydroxylation is 1. The molecule has 202 valence electrons. The Morgan fingerprint density at radius 3 is 2.26 bits per heavy atom. The molecule has 3 aromatic rings. The summed E-state index contributed by atoms with van der Waals surface area (Å²) in [7, 11) is 3.18. The second-order valence-electron chi connectivity index (χ2n) is 9.36. The van der Waals surface area contributed by atoms with E-state index in [1.165, 1.54) is 0 Å². The largest absolute Gasteiger partial charge is 0.493 e. The molecule has 3 rings (SSSR count). The van der Waals surface area contributed by atoms with E-state index in [0.29, 0.717) is 29.4 Å². The molecule has 0 radical (unpaired) electrons. The van der Waals surface area contributed by atoms with Crippen LogP contribution in [0.15, 0.2) is 72.8 Å². The van der Waals surface area contributed by atoms with E-state index in [1.807, 2.05) is 80.6 Å². The molecule has 0 aliphatic carbocycles. The van der Waals surface area contributed by atoms with Crippen LogP contribution in [0.1, 0.15) is 43.4 Å². The highest BCUT2D eigenvalue weighted by Gasteiger charge is 2.30. The van der Waals surface area contributed by atoms with E-state index in [-0.39, 0.29) is 30.8 Å². The van der Waals surface area contributed by atoms with E-state index in [2.05, 4.69) is 5.32 Å². The van der Waals surface area contributed by atoms with E-state index in [4.69, 9.17) is 21.1 Å². The van der Waals surface area contributed by atoms with Gasteiger partial charge < -0.3 is 19.7 Å². The van der Waals surface area contributed by atoms with Crippen LogP contribution in [0.4, 0.5) is 0 Å². The van der Waals surface area contributed by atoms with Crippen LogP contribution in [0.5, 0.6) is 11.5 Å². The molecule has 7 heteroatoms. The third-order valence-electron chi connectivity index (χ3n) is 6.59. The van der Waals surface area contributed by atoms with Crippen LogP contribution in [-0.4, -0.2) is 43.0 Å². The molecule has 3 aromatic carbocycles. The Morgan fingerprint density at radius 2 is 1.61 bits per heavy atom. The van der Waals surface area contributed by atoms with E-state index >= 15 is 0 Å². The topological polar surface area (TPSA) is 67.9 Å². The van der Waals surface area contributed by atoms with Crippen LogP contribution in [0, 0.1) is 0 Å². The first-order chi connectivity index (χ1) is 18.3. The van der Waals surface area contributed by atoms with Gasteiger partial charge in [-0.2, -0.15) is 0 Å². The van der Waals surface area contributed by atoms with E-state index in [0.717, 1.165) is 23.1 Å². The van der Waals surface area contributed by atoms with Gasteiger partial charge in [0.2, 0.25) is 11.8 Å². The number of carbonyl (C=O) groups is 2. The number of halogens is 1. The molecule has 0 aliphatic heterocycles. The predicted molar refractivity (Wildman–Crippen MR) is 152 cm³/mol. The Labute approximate surface area is 230 Å². The summed E-state index contributed by atoms with van der Waals surface area (Å²) in [6.45, 7) is 4.27. The Morgan fingerprint density at radius 1 is 0.895 bits per heavy atom. The van der Waals surface area contributed by atoms with Crippen LogP contribution in [0.25, 0.3) is 0 Å². The van der Waals surface area contributed by atoms with Gasteiger partial charge >= 0.3 is 0 Å². The van der Waals surface area contributed by atoms with Crippen LogP contribution < -0.4 is 14.8 Å². The van der Waals surface area contributed by atoms with Crippen LogP contribution in [0.3, 0.4) is 0 Å². The van der Waals surface area contributed by atoms with Crippen molar-refractivity contribution in [3.8, 4) is 11.5 Å². The molecule has 38 heavy (non-hydrogen) atoms. The van der Waals surface area contributed by atoms with Gasteiger partial charge in [0.15, 0.2) is 11.5 Å². The van der Waals surface area contributed by atoms with Gasteiger partial charge in [0.1, 0.15) is 6.04 Å². The lowest BCUT2D eigenvalue weighted by Crippen LogP contribution is -2.52. The van der Waals surface area contributed by atoms with Crippen LogP contribution in [-0.2, 0) is 29.0 Å². The molecular weight excluding hydrogens is 500 g/mol. The van der Waals surface area contributed by atoms with Crippen molar-refractivity contribution in [3.05, 3.63) is 94.5 Å². The van der Waals surface area contributed by atoms with Crippen molar-refractivity contribution in [1.82, 2.24) is 10.2 Å². The predicted octanol–water partition coefficient (Wildman–Crippen LogP) is 5.84. The van der Waals surface area contributed by atoms with E-state index in [9.17, 15) is 9.59 Å². The number of nitrogens with one attached hydrogen (secondary N) is 1. The summed E-state index contributed by atoms with van der Waals surface area (Å²) in [5, 5.41) is 3.68. The lowest BCUT2D eigenvalue weighted by atomic mass is 10.0. The molecule has 0 aliphatic rings. The molecule has 1 N–H and O–H groups in total. The van der Waals surface area contributed by atoms with Gasteiger partial charge in [-0.1, -0.05) is 67.1 Å². The minimum Gasteiger partial charge on any atom is -0.493 e. The number of rotatable bonds is 13. The van der Waals surface area contributed by atoms with Crippen molar-refractivity contribution in [3.63, 3.8) is 0 Å². The molecule has 0 unspecified atom stereocenters. The number of hydrogen-bond donors (Lipinski definition) is 1. The van der Waals surface area contributed by atoms with Crippen molar-refractivity contribution in [2.45, 2.75) is 58.2 Å². The molecule has 0 spiro atoms. The van der Waals surface area contributed by atoms with Crippen molar-refractivity contribution >= 4 is 23.4 Å². The average Bonchev–Trinajstić information content (AvgIpc) is 2.93. The summed E-state index contributed by atoms with van der Waals surface area (Å²) in [6.07, 6.45) is 1.94. The fourth-order valence-electron chi connectivity index (χ4n) is 4.26. The Hall–Kier alpha value is -3.51. The highest BCUT2D eigenvalue weighted by molar-refractivity contribution is 6.30. The number of amides is 2. The van der Waals surface area contributed by atoms with Gasteiger partial charge in [-0.25, -0.2) is 0 Å². The maximum atomic E-state index is 13.8.